The highest BCUT2D eigenvalue weighted by Gasteiger charge is 2.51. The molecule has 3 amide bonds. The molecule has 1 aromatic heterocycles. The number of benzene rings is 1. The molecule has 5 atom stereocenters. The zero-order valence-electron chi connectivity index (χ0n) is 20.6. The van der Waals surface area contributed by atoms with E-state index in [9.17, 15) is 36.7 Å². The Labute approximate surface area is 219 Å². The largest absolute Gasteiger partial charge is 0.522 e. The molecule has 3 aliphatic rings. The minimum atomic E-state index is -5.05. The fourth-order valence-corrected chi connectivity index (χ4v) is 5.99. The third-order valence-corrected chi connectivity index (χ3v) is 7.82. The summed E-state index contributed by atoms with van der Waals surface area (Å²) >= 11 is 0. The highest BCUT2D eigenvalue weighted by Crippen LogP contribution is 2.43. The predicted molar refractivity (Wildman–Crippen MR) is 124 cm³/mol. The Balaban J connectivity index is 1.38. The Bertz CT molecular complexity index is 1300. The zero-order chi connectivity index (χ0) is 27.9. The van der Waals surface area contributed by atoms with Crippen LogP contribution in [0.15, 0.2) is 22.7 Å². The molecule has 210 valence electrons. The fourth-order valence-electron chi connectivity index (χ4n) is 5.99. The SMILES string of the molecule is O=C1NCC[C@H]1C[C@H](NC(=O)[C@@H]1[C@H]2CCC[C@H]2CN1C(=O)c1noc2cc(F)ccc12)C(=O)COC(F)(F)F. The third kappa shape index (κ3) is 5.60. The van der Waals surface area contributed by atoms with Crippen molar-refractivity contribution in [3.05, 3.63) is 29.7 Å². The maximum atomic E-state index is 13.6. The number of amides is 3. The van der Waals surface area contributed by atoms with E-state index >= 15 is 0 Å². The summed E-state index contributed by atoms with van der Waals surface area (Å²) in [4.78, 5) is 53.4. The molecule has 3 heterocycles. The topological polar surface area (TPSA) is 131 Å². The molecule has 2 saturated heterocycles. The van der Waals surface area contributed by atoms with Gasteiger partial charge in [0.1, 0.15) is 18.5 Å². The summed E-state index contributed by atoms with van der Waals surface area (Å²) in [5, 5.41) is 9.19. The van der Waals surface area contributed by atoms with E-state index in [0.717, 1.165) is 25.0 Å². The summed E-state index contributed by atoms with van der Waals surface area (Å²) in [5.74, 6) is -4.20. The molecule has 2 aliphatic heterocycles. The lowest BCUT2D eigenvalue weighted by Gasteiger charge is -2.29. The molecule has 1 saturated carbocycles. The minimum absolute atomic E-state index is 0.00336. The number of carbonyl (C=O) groups excluding carboxylic acids is 4. The number of hydrogen-bond acceptors (Lipinski definition) is 7. The molecule has 5 rings (SSSR count). The Morgan fingerprint density at radius 1 is 1.23 bits per heavy atom. The van der Waals surface area contributed by atoms with Gasteiger partial charge in [-0.2, -0.15) is 0 Å². The van der Waals surface area contributed by atoms with E-state index in [2.05, 4.69) is 20.5 Å². The Hall–Kier alpha value is -3.55. The van der Waals surface area contributed by atoms with Gasteiger partial charge < -0.3 is 20.1 Å². The van der Waals surface area contributed by atoms with Gasteiger partial charge in [-0.1, -0.05) is 11.6 Å². The van der Waals surface area contributed by atoms with Crippen LogP contribution in [0, 0.1) is 23.6 Å². The number of halogens is 4. The maximum absolute atomic E-state index is 13.6. The number of rotatable bonds is 8. The van der Waals surface area contributed by atoms with Crippen LogP contribution in [0.3, 0.4) is 0 Å². The summed E-state index contributed by atoms with van der Waals surface area (Å²) in [6.07, 6.45) is -2.66. The lowest BCUT2D eigenvalue weighted by atomic mass is 9.92. The van der Waals surface area contributed by atoms with Gasteiger partial charge in [0.15, 0.2) is 17.1 Å². The standard InChI is InChI=1S/C25H26F4N4O6/c26-14-4-5-16-19(9-14)39-32-20(16)24(37)33-10-13-2-1-3-15(13)21(33)23(36)31-17(8-12-6-7-30-22(12)35)18(34)11-38-25(27,28)29/h4-5,9,12-13,15,17,21H,1-3,6-8,10-11H2,(H,30,35)(H,31,36)/t12-,13-,15-,17-,21-/m0/s1. The number of likely N-dealkylation sites (tertiary alicyclic amines) is 1. The first-order valence-corrected chi connectivity index (χ1v) is 12.7. The maximum Gasteiger partial charge on any atom is 0.522 e. The van der Waals surface area contributed by atoms with Gasteiger partial charge in [-0.3, -0.25) is 23.9 Å². The highest BCUT2D eigenvalue weighted by atomic mass is 19.4. The van der Waals surface area contributed by atoms with Gasteiger partial charge in [-0.15, -0.1) is 13.2 Å². The van der Waals surface area contributed by atoms with E-state index < -0.39 is 54.4 Å². The van der Waals surface area contributed by atoms with Crippen LogP contribution in [0.5, 0.6) is 0 Å². The molecule has 3 fully saturated rings. The summed E-state index contributed by atoms with van der Waals surface area (Å²) in [6, 6.07) is 1.14. The van der Waals surface area contributed by atoms with Gasteiger partial charge in [0.05, 0.1) is 11.4 Å². The number of alkyl halides is 3. The van der Waals surface area contributed by atoms with Crippen LogP contribution in [0.2, 0.25) is 0 Å². The second-order valence-electron chi connectivity index (χ2n) is 10.2. The molecule has 1 aromatic carbocycles. The Kier molecular flexibility index (Phi) is 7.31. The van der Waals surface area contributed by atoms with Gasteiger partial charge in [-0.25, -0.2) is 4.39 Å². The number of ether oxygens (including phenoxy) is 1. The number of hydrogen-bond donors (Lipinski definition) is 2. The average molecular weight is 554 g/mol. The molecule has 2 N–H and O–H groups in total. The number of fused-ring (bicyclic) bond motifs is 2. The van der Waals surface area contributed by atoms with Crippen LogP contribution >= 0.6 is 0 Å². The number of ketones is 1. The van der Waals surface area contributed by atoms with Crippen LogP contribution in [0.4, 0.5) is 17.6 Å². The van der Waals surface area contributed by atoms with Crippen molar-refractivity contribution in [2.75, 3.05) is 19.7 Å². The first-order chi connectivity index (χ1) is 18.5. The minimum Gasteiger partial charge on any atom is -0.356 e. The van der Waals surface area contributed by atoms with E-state index in [4.69, 9.17) is 4.52 Å². The molecule has 0 unspecified atom stereocenters. The van der Waals surface area contributed by atoms with Crippen molar-refractivity contribution in [1.82, 2.24) is 20.7 Å². The van der Waals surface area contributed by atoms with E-state index in [1.807, 2.05) is 0 Å². The van der Waals surface area contributed by atoms with E-state index in [0.29, 0.717) is 19.4 Å². The quantitative estimate of drug-likeness (QED) is 0.479. The monoisotopic (exact) mass is 554 g/mol. The average Bonchev–Trinajstić information content (AvgIpc) is 3.65. The van der Waals surface area contributed by atoms with Crippen molar-refractivity contribution in [3.8, 4) is 0 Å². The Morgan fingerprint density at radius 2 is 2.03 bits per heavy atom. The zero-order valence-corrected chi connectivity index (χ0v) is 20.6. The van der Waals surface area contributed by atoms with Gasteiger partial charge in [-0.05, 0) is 49.7 Å². The fraction of sp³-hybridized carbons (Fsp3) is 0.560. The van der Waals surface area contributed by atoms with Gasteiger partial charge >= 0.3 is 6.36 Å². The van der Waals surface area contributed by atoms with E-state index in [1.54, 1.807) is 0 Å². The summed E-state index contributed by atoms with van der Waals surface area (Å²) in [6.45, 7) is -0.747. The third-order valence-electron chi connectivity index (χ3n) is 7.82. The van der Waals surface area contributed by atoms with Crippen LogP contribution in [-0.4, -0.2) is 71.7 Å². The van der Waals surface area contributed by atoms with Crippen molar-refractivity contribution in [2.45, 2.75) is 50.6 Å². The molecule has 0 spiro atoms. The van der Waals surface area contributed by atoms with Crippen molar-refractivity contribution in [3.63, 3.8) is 0 Å². The van der Waals surface area contributed by atoms with Crippen molar-refractivity contribution in [1.29, 1.82) is 0 Å². The first-order valence-electron chi connectivity index (χ1n) is 12.7. The number of Topliss-reactive ketones (excluding diaryl/α,β-unsaturated/α-hetero) is 1. The molecule has 14 heteroatoms. The van der Waals surface area contributed by atoms with Crippen molar-refractivity contribution < 1.29 is 46.0 Å². The molecule has 39 heavy (non-hydrogen) atoms. The number of nitrogens with zero attached hydrogens (tertiary/aromatic N) is 2. The van der Waals surface area contributed by atoms with E-state index in [1.165, 1.54) is 11.0 Å². The van der Waals surface area contributed by atoms with Gasteiger partial charge in [0.25, 0.3) is 5.91 Å². The lowest BCUT2D eigenvalue weighted by molar-refractivity contribution is -0.321. The second kappa shape index (κ2) is 10.5. The summed E-state index contributed by atoms with van der Waals surface area (Å²) in [5.41, 5.74) is -0.0412. The molecule has 0 radical (unpaired) electrons. The van der Waals surface area contributed by atoms with Crippen LogP contribution < -0.4 is 10.6 Å². The summed E-state index contributed by atoms with van der Waals surface area (Å²) in [7, 11) is 0. The number of nitrogens with one attached hydrogen (secondary N) is 2. The van der Waals surface area contributed by atoms with Crippen LogP contribution in [0.25, 0.3) is 11.0 Å². The molecule has 2 aromatic rings. The smallest absolute Gasteiger partial charge is 0.356 e. The first kappa shape index (κ1) is 27.0. The Morgan fingerprint density at radius 3 is 2.74 bits per heavy atom. The molecular weight excluding hydrogens is 528 g/mol. The molecule has 10 nitrogen and oxygen atoms in total. The van der Waals surface area contributed by atoms with Crippen LogP contribution in [0.1, 0.15) is 42.6 Å². The van der Waals surface area contributed by atoms with Crippen molar-refractivity contribution >= 4 is 34.5 Å². The van der Waals surface area contributed by atoms with Gasteiger partial charge in [0, 0.05) is 25.1 Å². The van der Waals surface area contributed by atoms with Crippen molar-refractivity contribution in [2.24, 2.45) is 17.8 Å². The normalized spacial score (nSPS) is 25.5. The predicted octanol–water partition coefficient (Wildman–Crippen LogP) is 2.32. The second-order valence-corrected chi connectivity index (χ2v) is 10.2. The molecule has 0 bridgehead atoms. The molecule has 1 aliphatic carbocycles. The lowest BCUT2D eigenvalue weighted by Crippen LogP contribution is -2.54. The summed E-state index contributed by atoms with van der Waals surface area (Å²) < 4.78 is 60.2. The molecular formula is C25H26F4N4O6. The van der Waals surface area contributed by atoms with Crippen LogP contribution in [-0.2, 0) is 19.1 Å². The van der Waals surface area contributed by atoms with Gasteiger partial charge in [0.2, 0.25) is 11.8 Å². The number of aromatic nitrogens is 1. The van der Waals surface area contributed by atoms with E-state index in [-0.39, 0.29) is 47.4 Å². The number of carbonyl (C=O) groups is 4. The highest BCUT2D eigenvalue weighted by molar-refractivity contribution is 6.06.